The molecule has 2 saturated heterocycles. The summed E-state index contributed by atoms with van der Waals surface area (Å²) < 4.78 is 11.5. The topological polar surface area (TPSA) is 59.0 Å². The summed E-state index contributed by atoms with van der Waals surface area (Å²) in [5, 5.41) is 9.43. The predicted octanol–water partition coefficient (Wildman–Crippen LogP) is 1.90. The molecule has 2 aliphatic heterocycles. The van der Waals surface area contributed by atoms with Gasteiger partial charge in [-0.15, -0.1) is 0 Å². The Morgan fingerprint density at radius 1 is 1.38 bits per heavy atom. The number of hydrogen-bond donors (Lipinski definition) is 1. The summed E-state index contributed by atoms with van der Waals surface area (Å²) in [5.41, 5.74) is 0.104. The number of hydrogen-bond acceptors (Lipinski definition) is 4. The van der Waals surface area contributed by atoms with Crippen LogP contribution >= 0.6 is 0 Å². The van der Waals surface area contributed by atoms with Crippen molar-refractivity contribution in [2.75, 3.05) is 26.4 Å². The summed E-state index contributed by atoms with van der Waals surface area (Å²) in [6.07, 6.45) is 6.75. The highest BCUT2D eigenvalue weighted by atomic mass is 16.5. The third kappa shape index (κ3) is 2.96. The van der Waals surface area contributed by atoms with E-state index < -0.39 is 5.97 Å². The molecule has 0 aromatic carbocycles. The Morgan fingerprint density at radius 2 is 2.19 bits per heavy atom. The molecule has 2 heterocycles. The molecule has 5 nitrogen and oxygen atoms in total. The second kappa shape index (κ2) is 6.23. The minimum Gasteiger partial charge on any atom is -0.481 e. The van der Waals surface area contributed by atoms with Gasteiger partial charge in [0.25, 0.3) is 0 Å². The number of rotatable bonds is 5. The van der Waals surface area contributed by atoms with Gasteiger partial charge in [0.1, 0.15) is 0 Å². The van der Waals surface area contributed by atoms with Crippen molar-refractivity contribution in [1.82, 2.24) is 4.90 Å². The Kier molecular flexibility index (Phi) is 4.52. The zero-order valence-corrected chi connectivity index (χ0v) is 12.9. The maximum atomic E-state index is 11.5. The van der Waals surface area contributed by atoms with Crippen LogP contribution < -0.4 is 0 Å². The second-order valence-corrected chi connectivity index (χ2v) is 6.82. The predicted molar refractivity (Wildman–Crippen MR) is 78.3 cm³/mol. The van der Waals surface area contributed by atoms with Gasteiger partial charge in [-0.2, -0.15) is 0 Å². The van der Waals surface area contributed by atoms with Crippen LogP contribution in [0.4, 0.5) is 0 Å². The lowest BCUT2D eigenvalue weighted by atomic mass is 9.73. The monoisotopic (exact) mass is 297 g/mol. The van der Waals surface area contributed by atoms with Gasteiger partial charge in [-0.05, 0) is 45.1 Å². The molecule has 0 aromatic heterocycles. The Morgan fingerprint density at radius 3 is 2.81 bits per heavy atom. The van der Waals surface area contributed by atoms with Crippen molar-refractivity contribution in [3.63, 3.8) is 0 Å². The lowest BCUT2D eigenvalue weighted by Crippen LogP contribution is -2.56. The molecule has 5 heteroatoms. The summed E-state index contributed by atoms with van der Waals surface area (Å²) in [4.78, 5) is 13.9. The van der Waals surface area contributed by atoms with E-state index in [0.717, 1.165) is 32.4 Å². The normalized spacial score (nSPS) is 35.0. The van der Waals surface area contributed by atoms with Gasteiger partial charge in [-0.3, -0.25) is 9.69 Å². The van der Waals surface area contributed by atoms with Gasteiger partial charge >= 0.3 is 5.97 Å². The number of aliphatic carboxylic acids is 1. The third-order valence-corrected chi connectivity index (χ3v) is 5.48. The van der Waals surface area contributed by atoms with Crippen LogP contribution in [0.1, 0.15) is 45.4 Å². The van der Waals surface area contributed by atoms with E-state index in [1.165, 1.54) is 19.3 Å². The summed E-state index contributed by atoms with van der Waals surface area (Å²) >= 11 is 0. The SMILES string of the molecule is CCCN(C1CCOC2(CCC2)C1)C1COCC1C(=O)O. The van der Waals surface area contributed by atoms with Crippen LogP contribution in [0.2, 0.25) is 0 Å². The average molecular weight is 297 g/mol. The molecule has 3 atom stereocenters. The molecule has 1 spiro atoms. The Balaban J connectivity index is 1.72. The zero-order chi connectivity index (χ0) is 14.9. The molecule has 3 fully saturated rings. The Bertz CT molecular complexity index is 382. The maximum Gasteiger partial charge on any atom is 0.310 e. The van der Waals surface area contributed by atoms with Crippen molar-refractivity contribution < 1.29 is 19.4 Å². The van der Waals surface area contributed by atoms with E-state index in [-0.39, 0.29) is 17.6 Å². The fourth-order valence-corrected chi connectivity index (χ4v) is 4.19. The highest BCUT2D eigenvalue weighted by Gasteiger charge is 2.47. The third-order valence-electron chi connectivity index (χ3n) is 5.48. The van der Waals surface area contributed by atoms with Gasteiger partial charge in [0.2, 0.25) is 0 Å². The van der Waals surface area contributed by atoms with E-state index in [1.807, 2.05) is 0 Å². The fraction of sp³-hybridized carbons (Fsp3) is 0.938. The van der Waals surface area contributed by atoms with Crippen LogP contribution in [0.3, 0.4) is 0 Å². The van der Waals surface area contributed by atoms with E-state index >= 15 is 0 Å². The number of carboxylic acid groups (broad SMARTS) is 1. The minimum atomic E-state index is -0.719. The quantitative estimate of drug-likeness (QED) is 0.840. The zero-order valence-electron chi connectivity index (χ0n) is 12.9. The number of carboxylic acids is 1. The van der Waals surface area contributed by atoms with Crippen LogP contribution in [0.5, 0.6) is 0 Å². The molecule has 1 N–H and O–H groups in total. The van der Waals surface area contributed by atoms with Gasteiger partial charge in [0, 0.05) is 18.7 Å². The lowest BCUT2D eigenvalue weighted by molar-refractivity contribution is -0.156. The van der Waals surface area contributed by atoms with Crippen LogP contribution in [0.25, 0.3) is 0 Å². The first kappa shape index (κ1) is 15.3. The van der Waals surface area contributed by atoms with Crippen molar-refractivity contribution in [3.8, 4) is 0 Å². The summed E-state index contributed by atoms with van der Waals surface area (Å²) in [7, 11) is 0. The molecule has 1 aliphatic carbocycles. The largest absolute Gasteiger partial charge is 0.481 e. The highest BCUT2D eigenvalue weighted by molar-refractivity contribution is 5.71. The smallest absolute Gasteiger partial charge is 0.310 e. The molecule has 120 valence electrons. The van der Waals surface area contributed by atoms with E-state index in [9.17, 15) is 9.90 Å². The van der Waals surface area contributed by atoms with E-state index in [2.05, 4.69) is 11.8 Å². The van der Waals surface area contributed by atoms with E-state index in [0.29, 0.717) is 19.3 Å². The number of carbonyl (C=O) groups is 1. The second-order valence-electron chi connectivity index (χ2n) is 6.82. The molecule has 1 saturated carbocycles. The van der Waals surface area contributed by atoms with Crippen LogP contribution in [-0.2, 0) is 14.3 Å². The first-order valence-corrected chi connectivity index (χ1v) is 8.35. The minimum absolute atomic E-state index is 0.0303. The molecular weight excluding hydrogens is 270 g/mol. The first-order valence-electron chi connectivity index (χ1n) is 8.35. The highest BCUT2D eigenvalue weighted by Crippen LogP contribution is 2.44. The van der Waals surface area contributed by atoms with Gasteiger partial charge < -0.3 is 14.6 Å². The van der Waals surface area contributed by atoms with Gasteiger partial charge in [-0.1, -0.05) is 6.92 Å². The van der Waals surface area contributed by atoms with E-state index in [4.69, 9.17) is 9.47 Å². The standard InChI is InChI=1S/C16H27NO4/c1-2-7-17(14-11-20-10-13(14)15(18)19)12-4-8-21-16(9-12)5-3-6-16/h12-14H,2-11H2,1H3,(H,18,19). The summed E-state index contributed by atoms with van der Waals surface area (Å²) in [6.45, 7) is 4.85. The van der Waals surface area contributed by atoms with Gasteiger partial charge in [-0.25, -0.2) is 0 Å². The number of ether oxygens (including phenoxy) is 2. The van der Waals surface area contributed by atoms with Crippen molar-refractivity contribution in [3.05, 3.63) is 0 Å². The van der Waals surface area contributed by atoms with Crippen molar-refractivity contribution in [2.24, 2.45) is 5.92 Å². The molecule has 0 amide bonds. The van der Waals surface area contributed by atoms with Crippen molar-refractivity contribution in [2.45, 2.75) is 63.1 Å². The lowest BCUT2D eigenvalue weighted by Gasteiger charge is -2.50. The fourth-order valence-electron chi connectivity index (χ4n) is 4.19. The molecule has 0 bridgehead atoms. The van der Waals surface area contributed by atoms with Gasteiger partial charge in [0.05, 0.1) is 24.7 Å². The molecule has 3 unspecified atom stereocenters. The van der Waals surface area contributed by atoms with Crippen LogP contribution in [0.15, 0.2) is 0 Å². The molecule has 0 radical (unpaired) electrons. The van der Waals surface area contributed by atoms with Crippen LogP contribution in [0, 0.1) is 5.92 Å². The summed E-state index contributed by atoms with van der Waals surface area (Å²) in [6, 6.07) is 0.482. The molecule has 3 rings (SSSR count). The van der Waals surface area contributed by atoms with Crippen LogP contribution in [-0.4, -0.2) is 60.0 Å². The van der Waals surface area contributed by atoms with E-state index in [1.54, 1.807) is 0 Å². The average Bonchev–Trinajstić information content (AvgIpc) is 2.92. The maximum absolute atomic E-state index is 11.5. The Labute approximate surface area is 126 Å². The Hall–Kier alpha value is -0.650. The number of nitrogens with zero attached hydrogens (tertiary/aromatic N) is 1. The molecule has 0 aromatic rings. The first-order chi connectivity index (χ1) is 10.2. The molecular formula is C16H27NO4. The van der Waals surface area contributed by atoms with Crippen molar-refractivity contribution in [1.29, 1.82) is 0 Å². The van der Waals surface area contributed by atoms with Gasteiger partial charge in [0.15, 0.2) is 0 Å². The summed E-state index contributed by atoms with van der Waals surface area (Å²) in [5.74, 6) is -1.10. The molecule has 21 heavy (non-hydrogen) atoms. The van der Waals surface area contributed by atoms with Crippen molar-refractivity contribution >= 4 is 5.97 Å². The molecule has 3 aliphatic rings.